The van der Waals surface area contributed by atoms with Crippen molar-refractivity contribution in [2.75, 3.05) is 18.5 Å². The second-order valence-electron chi connectivity index (χ2n) is 6.56. The Morgan fingerprint density at radius 2 is 1.88 bits per heavy atom. The Hall–Kier alpha value is -3.53. The molecule has 10 heteroatoms. The van der Waals surface area contributed by atoms with Crippen molar-refractivity contribution in [2.24, 2.45) is 0 Å². The maximum Gasteiger partial charge on any atom is 0.416 e. The van der Waals surface area contributed by atoms with Crippen molar-refractivity contribution in [3.8, 4) is 5.75 Å². The van der Waals surface area contributed by atoms with Crippen LogP contribution in [0.3, 0.4) is 0 Å². The molecule has 1 aliphatic rings. The van der Waals surface area contributed by atoms with E-state index >= 15 is 0 Å². The normalized spacial score (nSPS) is 15.2. The lowest BCUT2D eigenvalue weighted by Crippen LogP contribution is -2.36. The van der Waals surface area contributed by atoms with Crippen molar-refractivity contribution in [2.45, 2.75) is 6.18 Å². The number of ether oxygens (including phenoxy) is 1. The largest absolute Gasteiger partial charge is 0.490 e. The van der Waals surface area contributed by atoms with Crippen LogP contribution in [0.15, 0.2) is 66.1 Å². The molecule has 1 saturated heterocycles. The van der Waals surface area contributed by atoms with Crippen LogP contribution in [0.2, 0.25) is 0 Å². The van der Waals surface area contributed by atoms with Crippen LogP contribution < -0.4 is 10.1 Å². The van der Waals surface area contributed by atoms with Crippen molar-refractivity contribution in [3.05, 3.63) is 77.2 Å². The second-order valence-corrected chi connectivity index (χ2v) is 7.56. The number of anilines is 1. The minimum absolute atomic E-state index is 0.0916. The Labute approximate surface area is 185 Å². The molecule has 0 aromatic heterocycles. The van der Waals surface area contributed by atoms with Crippen molar-refractivity contribution in [1.29, 1.82) is 0 Å². The third-order valence-corrected chi connectivity index (χ3v) is 5.10. The molecule has 0 radical (unpaired) electrons. The van der Waals surface area contributed by atoms with Crippen LogP contribution in [0, 0.1) is 0 Å². The number of carbonyl (C=O) groups is 3. The molecule has 0 aliphatic carbocycles. The molecule has 166 valence electrons. The fourth-order valence-electron chi connectivity index (χ4n) is 2.72. The number of rotatable bonds is 7. The van der Waals surface area contributed by atoms with Gasteiger partial charge in [0, 0.05) is 5.69 Å². The Bertz CT molecular complexity index is 1080. The van der Waals surface area contributed by atoms with Crippen LogP contribution in [-0.4, -0.2) is 35.1 Å². The van der Waals surface area contributed by atoms with Crippen molar-refractivity contribution in [3.63, 3.8) is 0 Å². The van der Waals surface area contributed by atoms with E-state index in [1.54, 1.807) is 30.3 Å². The molecule has 0 saturated carbocycles. The van der Waals surface area contributed by atoms with Gasteiger partial charge in [-0.3, -0.25) is 19.3 Å². The number of alkyl halides is 3. The van der Waals surface area contributed by atoms with Gasteiger partial charge in [-0.2, -0.15) is 13.2 Å². The quantitative estimate of drug-likeness (QED) is 0.466. The van der Waals surface area contributed by atoms with Gasteiger partial charge in [0.15, 0.2) is 0 Å². The summed E-state index contributed by atoms with van der Waals surface area (Å²) in [4.78, 5) is 37.8. The Morgan fingerprint density at radius 1 is 1.16 bits per heavy atom. The molecule has 1 N–H and O–H groups in total. The number of nitrogens with one attached hydrogen (secondary N) is 1. The van der Waals surface area contributed by atoms with Crippen LogP contribution in [0.4, 0.5) is 23.7 Å². The molecule has 1 aliphatic heterocycles. The van der Waals surface area contributed by atoms with Crippen molar-refractivity contribution < 1.29 is 32.3 Å². The fourth-order valence-corrected chi connectivity index (χ4v) is 3.56. The summed E-state index contributed by atoms with van der Waals surface area (Å²) in [7, 11) is 0. The van der Waals surface area contributed by atoms with Gasteiger partial charge in [0.1, 0.15) is 18.9 Å². The van der Waals surface area contributed by atoms with Gasteiger partial charge in [-0.25, -0.2) is 0 Å². The van der Waals surface area contributed by atoms with Gasteiger partial charge < -0.3 is 10.1 Å². The second kappa shape index (κ2) is 9.73. The fraction of sp³-hybridized carbons (Fsp3) is 0.136. The zero-order chi connectivity index (χ0) is 23.3. The first kappa shape index (κ1) is 23.1. The smallest absolute Gasteiger partial charge is 0.416 e. The number of carbonyl (C=O) groups excluding carboxylic acids is 3. The van der Waals surface area contributed by atoms with Gasteiger partial charge in [-0.05, 0) is 53.7 Å². The maximum absolute atomic E-state index is 12.8. The number of hydrogen-bond acceptors (Lipinski definition) is 5. The van der Waals surface area contributed by atoms with E-state index in [2.05, 4.69) is 11.9 Å². The summed E-state index contributed by atoms with van der Waals surface area (Å²) in [5.41, 5.74) is -0.369. The number of thioether (sulfide) groups is 1. The van der Waals surface area contributed by atoms with E-state index in [1.807, 2.05) is 0 Å². The van der Waals surface area contributed by atoms with Crippen LogP contribution >= 0.6 is 11.8 Å². The van der Waals surface area contributed by atoms with Crippen LogP contribution in [0.1, 0.15) is 11.1 Å². The molecular formula is C22H17F3N2O4S. The average molecular weight is 462 g/mol. The van der Waals surface area contributed by atoms with E-state index in [1.165, 1.54) is 12.1 Å². The summed E-state index contributed by atoms with van der Waals surface area (Å²) in [6.07, 6.45) is -1.45. The van der Waals surface area contributed by atoms with Crippen molar-refractivity contribution >= 4 is 40.6 Å². The molecule has 0 unspecified atom stereocenters. The molecular weight excluding hydrogens is 445 g/mol. The Balaban J connectivity index is 1.65. The maximum atomic E-state index is 12.8. The van der Waals surface area contributed by atoms with Crippen molar-refractivity contribution in [1.82, 2.24) is 4.90 Å². The molecule has 3 rings (SSSR count). The number of hydrogen-bond donors (Lipinski definition) is 1. The average Bonchev–Trinajstić information content (AvgIpc) is 3.00. The molecule has 3 amide bonds. The summed E-state index contributed by atoms with van der Waals surface area (Å²) in [5.74, 6) is -0.843. The lowest BCUT2D eigenvalue weighted by molar-refractivity contribution is -0.137. The predicted octanol–water partition coefficient (Wildman–Crippen LogP) is 4.95. The zero-order valence-corrected chi connectivity index (χ0v) is 17.3. The minimum atomic E-state index is -4.56. The van der Waals surface area contributed by atoms with Gasteiger partial charge in [0.2, 0.25) is 5.91 Å². The topological polar surface area (TPSA) is 75.7 Å². The molecule has 0 atom stereocenters. The van der Waals surface area contributed by atoms with Crippen LogP contribution in [0.5, 0.6) is 5.75 Å². The summed E-state index contributed by atoms with van der Waals surface area (Å²) in [6.45, 7) is 3.29. The lowest BCUT2D eigenvalue weighted by atomic mass is 10.2. The summed E-state index contributed by atoms with van der Waals surface area (Å²) in [5, 5.41) is 1.63. The molecule has 0 spiro atoms. The number of halogens is 3. The number of nitrogens with zero attached hydrogens (tertiary/aromatic N) is 1. The zero-order valence-electron chi connectivity index (χ0n) is 16.5. The first-order valence-electron chi connectivity index (χ1n) is 9.23. The van der Waals surface area contributed by atoms with E-state index in [9.17, 15) is 27.6 Å². The number of benzene rings is 2. The molecule has 6 nitrogen and oxygen atoms in total. The highest BCUT2D eigenvalue weighted by Crippen LogP contribution is 2.33. The van der Waals surface area contributed by atoms with Gasteiger partial charge in [-0.15, -0.1) is 0 Å². The van der Waals surface area contributed by atoms with Gasteiger partial charge in [0.05, 0.1) is 10.5 Å². The summed E-state index contributed by atoms with van der Waals surface area (Å²) in [6, 6.07) is 10.9. The highest BCUT2D eigenvalue weighted by molar-refractivity contribution is 8.18. The molecule has 2 aromatic rings. The van der Waals surface area contributed by atoms with E-state index in [0.717, 1.165) is 23.1 Å². The Kier molecular flexibility index (Phi) is 7.04. The summed E-state index contributed by atoms with van der Waals surface area (Å²) >= 11 is 0.674. The highest BCUT2D eigenvalue weighted by atomic mass is 32.2. The van der Waals surface area contributed by atoms with Gasteiger partial charge >= 0.3 is 6.18 Å². The SMILES string of the molecule is C=CCOc1ccc(/C=C2\SC(=O)N(CC(=O)Nc3cccc(C(F)(F)F)c3)C2=O)cc1. The molecule has 0 bridgehead atoms. The minimum Gasteiger partial charge on any atom is -0.490 e. The van der Waals surface area contributed by atoms with Gasteiger partial charge in [0.25, 0.3) is 11.1 Å². The van der Waals surface area contributed by atoms with E-state index in [-0.39, 0.29) is 10.6 Å². The number of amides is 3. The van der Waals surface area contributed by atoms with Crippen LogP contribution in [-0.2, 0) is 15.8 Å². The van der Waals surface area contributed by atoms with E-state index < -0.39 is 35.3 Å². The first-order valence-corrected chi connectivity index (χ1v) is 10.1. The monoisotopic (exact) mass is 462 g/mol. The molecule has 2 aromatic carbocycles. The molecule has 1 fully saturated rings. The molecule has 1 heterocycles. The third kappa shape index (κ3) is 5.79. The van der Waals surface area contributed by atoms with Gasteiger partial charge in [-0.1, -0.05) is 30.9 Å². The lowest BCUT2D eigenvalue weighted by Gasteiger charge is -2.13. The standard InChI is InChI=1S/C22H17F3N2O4S/c1-2-10-31-17-8-6-14(7-9-17)11-18-20(29)27(21(30)32-18)13-19(28)26-16-5-3-4-15(12-16)22(23,24)25/h2-9,11-12H,1,10,13H2,(H,26,28)/b18-11-. The predicted molar refractivity (Wildman–Crippen MR) is 115 cm³/mol. The highest BCUT2D eigenvalue weighted by Gasteiger charge is 2.36. The van der Waals surface area contributed by atoms with E-state index in [4.69, 9.17) is 4.74 Å². The van der Waals surface area contributed by atoms with E-state index in [0.29, 0.717) is 29.7 Å². The third-order valence-electron chi connectivity index (χ3n) is 4.19. The molecule has 32 heavy (non-hydrogen) atoms. The summed E-state index contributed by atoms with van der Waals surface area (Å²) < 4.78 is 43.8. The van der Waals surface area contributed by atoms with Crippen LogP contribution in [0.25, 0.3) is 6.08 Å². The first-order chi connectivity index (χ1) is 15.2. The Morgan fingerprint density at radius 3 is 2.53 bits per heavy atom. The number of imide groups is 1.